The molecule has 0 unspecified atom stereocenters. The Labute approximate surface area is 136 Å². The van der Waals surface area contributed by atoms with E-state index in [0.717, 1.165) is 22.7 Å². The molecule has 1 heterocycles. The van der Waals surface area contributed by atoms with Crippen molar-refractivity contribution < 1.29 is 14.3 Å². The van der Waals surface area contributed by atoms with Crippen molar-refractivity contribution in [3.63, 3.8) is 0 Å². The van der Waals surface area contributed by atoms with Crippen molar-refractivity contribution in [3.05, 3.63) is 53.6 Å². The van der Waals surface area contributed by atoms with Crippen molar-refractivity contribution in [3.8, 4) is 11.5 Å². The summed E-state index contributed by atoms with van der Waals surface area (Å²) in [7, 11) is 0. The maximum absolute atomic E-state index is 12.8. The Kier molecular flexibility index (Phi) is 4.24. The van der Waals surface area contributed by atoms with E-state index in [1.54, 1.807) is 4.90 Å². The van der Waals surface area contributed by atoms with Crippen molar-refractivity contribution in [2.75, 3.05) is 18.1 Å². The Morgan fingerprint density at radius 2 is 1.91 bits per heavy atom. The molecule has 0 spiro atoms. The Bertz CT molecular complexity index is 707. The van der Waals surface area contributed by atoms with E-state index < -0.39 is 0 Å². The second-order valence-corrected chi connectivity index (χ2v) is 5.97. The molecule has 4 nitrogen and oxygen atoms in total. The van der Waals surface area contributed by atoms with Gasteiger partial charge in [0.25, 0.3) is 5.91 Å². The summed E-state index contributed by atoms with van der Waals surface area (Å²) in [5.41, 5.74) is 2.59. The van der Waals surface area contributed by atoms with Crippen LogP contribution in [0.25, 0.3) is 0 Å². The average molecular weight is 311 g/mol. The summed E-state index contributed by atoms with van der Waals surface area (Å²) >= 11 is 0. The summed E-state index contributed by atoms with van der Waals surface area (Å²) in [6, 6.07) is 13.2. The summed E-state index contributed by atoms with van der Waals surface area (Å²) in [5.74, 6) is 1.51. The predicted octanol–water partition coefficient (Wildman–Crippen LogP) is 3.82. The third-order valence-electron chi connectivity index (χ3n) is 3.70. The van der Waals surface area contributed by atoms with E-state index in [2.05, 4.69) is 0 Å². The molecule has 1 aliphatic heterocycles. The Hall–Kier alpha value is -2.49. The topological polar surface area (TPSA) is 38.8 Å². The first kappa shape index (κ1) is 15.4. The van der Waals surface area contributed by atoms with Gasteiger partial charge in [-0.15, -0.1) is 0 Å². The van der Waals surface area contributed by atoms with E-state index in [4.69, 9.17) is 9.47 Å². The SMILES string of the molecule is Cc1ccc2c(c1)N(C(=O)c1ccc(OC(C)C)cc1)CCO2. The Morgan fingerprint density at radius 1 is 1.17 bits per heavy atom. The summed E-state index contributed by atoms with van der Waals surface area (Å²) in [4.78, 5) is 14.6. The molecule has 0 saturated heterocycles. The highest BCUT2D eigenvalue weighted by Crippen LogP contribution is 2.33. The van der Waals surface area contributed by atoms with E-state index in [1.807, 2.05) is 63.2 Å². The van der Waals surface area contributed by atoms with Gasteiger partial charge in [0.05, 0.1) is 18.3 Å². The lowest BCUT2D eigenvalue weighted by molar-refractivity contribution is 0.0976. The monoisotopic (exact) mass is 311 g/mol. The molecule has 1 amide bonds. The summed E-state index contributed by atoms with van der Waals surface area (Å²) in [6.45, 7) is 7.03. The van der Waals surface area contributed by atoms with Gasteiger partial charge >= 0.3 is 0 Å². The van der Waals surface area contributed by atoms with Crippen LogP contribution in [-0.2, 0) is 0 Å². The molecule has 3 rings (SSSR count). The predicted molar refractivity (Wildman–Crippen MR) is 90.6 cm³/mol. The van der Waals surface area contributed by atoms with E-state index in [9.17, 15) is 4.79 Å². The minimum atomic E-state index is -0.0174. The van der Waals surface area contributed by atoms with E-state index >= 15 is 0 Å². The van der Waals surface area contributed by atoms with Crippen LogP contribution in [0.5, 0.6) is 11.5 Å². The second-order valence-electron chi connectivity index (χ2n) is 5.97. The minimum absolute atomic E-state index is 0.0174. The van der Waals surface area contributed by atoms with E-state index in [1.165, 1.54) is 0 Å². The molecule has 23 heavy (non-hydrogen) atoms. The molecule has 2 aromatic rings. The first-order chi connectivity index (χ1) is 11.0. The summed E-state index contributed by atoms with van der Waals surface area (Å²) < 4.78 is 11.3. The fourth-order valence-electron chi connectivity index (χ4n) is 2.64. The maximum Gasteiger partial charge on any atom is 0.258 e. The molecule has 0 atom stereocenters. The average Bonchev–Trinajstić information content (AvgIpc) is 2.54. The first-order valence-corrected chi connectivity index (χ1v) is 7.86. The lowest BCUT2D eigenvalue weighted by Crippen LogP contribution is -2.38. The van der Waals surface area contributed by atoms with Crippen molar-refractivity contribution in [2.24, 2.45) is 0 Å². The molecule has 0 fully saturated rings. The fraction of sp³-hybridized carbons (Fsp3) is 0.316. The largest absolute Gasteiger partial charge is 0.491 e. The number of rotatable bonds is 3. The van der Waals surface area contributed by atoms with Crippen LogP contribution in [-0.4, -0.2) is 25.2 Å². The highest BCUT2D eigenvalue weighted by Gasteiger charge is 2.24. The number of fused-ring (bicyclic) bond motifs is 1. The molecule has 0 aliphatic carbocycles. The molecular formula is C19H21NO3. The van der Waals surface area contributed by atoms with E-state index in [-0.39, 0.29) is 12.0 Å². The van der Waals surface area contributed by atoms with Crippen LogP contribution in [0.1, 0.15) is 29.8 Å². The van der Waals surface area contributed by atoms with Gasteiger partial charge in [0.1, 0.15) is 18.1 Å². The third-order valence-corrected chi connectivity index (χ3v) is 3.70. The quantitative estimate of drug-likeness (QED) is 0.865. The molecule has 0 radical (unpaired) electrons. The van der Waals surface area contributed by atoms with Crippen LogP contribution in [0.3, 0.4) is 0 Å². The van der Waals surface area contributed by atoms with Gasteiger partial charge in [0.2, 0.25) is 0 Å². The Morgan fingerprint density at radius 3 is 2.61 bits per heavy atom. The number of hydrogen-bond donors (Lipinski definition) is 0. The van der Waals surface area contributed by atoms with Crippen LogP contribution in [0, 0.1) is 6.92 Å². The van der Waals surface area contributed by atoms with Crippen molar-refractivity contribution in [1.29, 1.82) is 0 Å². The molecule has 2 aromatic carbocycles. The summed E-state index contributed by atoms with van der Waals surface area (Å²) in [5, 5.41) is 0. The highest BCUT2D eigenvalue weighted by atomic mass is 16.5. The number of nitrogens with zero attached hydrogens (tertiary/aromatic N) is 1. The zero-order chi connectivity index (χ0) is 16.4. The number of ether oxygens (including phenoxy) is 2. The maximum atomic E-state index is 12.8. The lowest BCUT2D eigenvalue weighted by Gasteiger charge is -2.30. The standard InChI is InChI=1S/C19H21NO3/c1-13(2)23-16-7-5-15(6-8-16)19(21)20-10-11-22-18-9-4-14(3)12-17(18)20/h4-9,12-13H,10-11H2,1-3H3. The molecule has 1 aliphatic rings. The van der Waals surface area contributed by atoms with Gasteiger partial charge in [0.15, 0.2) is 0 Å². The lowest BCUT2D eigenvalue weighted by atomic mass is 10.1. The van der Waals surface area contributed by atoms with Crippen LogP contribution in [0.4, 0.5) is 5.69 Å². The Balaban J connectivity index is 1.85. The molecule has 0 N–H and O–H groups in total. The minimum Gasteiger partial charge on any atom is -0.491 e. The molecule has 0 bridgehead atoms. The van der Waals surface area contributed by atoms with Gasteiger partial charge in [-0.05, 0) is 62.7 Å². The summed E-state index contributed by atoms with van der Waals surface area (Å²) in [6.07, 6.45) is 0.116. The van der Waals surface area contributed by atoms with Crippen molar-refractivity contribution in [2.45, 2.75) is 26.9 Å². The third kappa shape index (κ3) is 3.31. The van der Waals surface area contributed by atoms with Crippen LogP contribution >= 0.6 is 0 Å². The fourth-order valence-corrected chi connectivity index (χ4v) is 2.64. The molecule has 0 aromatic heterocycles. The van der Waals surface area contributed by atoms with Crippen molar-refractivity contribution >= 4 is 11.6 Å². The number of benzene rings is 2. The van der Waals surface area contributed by atoms with Gasteiger partial charge in [-0.1, -0.05) is 6.07 Å². The molecule has 4 heteroatoms. The number of carbonyl (C=O) groups is 1. The van der Waals surface area contributed by atoms with Crippen LogP contribution < -0.4 is 14.4 Å². The zero-order valence-corrected chi connectivity index (χ0v) is 13.7. The molecule has 120 valence electrons. The van der Waals surface area contributed by atoms with Gasteiger partial charge in [-0.3, -0.25) is 4.79 Å². The van der Waals surface area contributed by atoms with Gasteiger partial charge in [-0.2, -0.15) is 0 Å². The van der Waals surface area contributed by atoms with Crippen LogP contribution in [0.2, 0.25) is 0 Å². The van der Waals surface area contributed by atoms with E-state index in [0.29, 0.717) is 18.7 Å². The number of amides is 1. The van der Waals surface area contributed by atoms with Crippen molar-refractivity contribution in [1.82, 2.24) is 0 Å². The van der Waals surface area contributed by atoms with Gasteiger partial charge in [0, 0.05) is 5.56 Å². The highest BCUT2D eigenvalue weighted by molar-refractivity contribution is 6.07. The normalized spacial score (nSPS) is 13.5. The number of hydrogen-bond acceptors (Lipinski definition) is 3. The van der Waals surface area contributed by atoms with Gasteiger partial charge < -0.3 is 14.4 Å². The number of anilines is 1. The number of carbonyl (C=O) groups excluding carboxylic acids is 1. The molecule has 0 saturated carbocycles. The second kappa shape index (κ2) is 6.32. The zero-order valence-electron chi connectivity index (χ0n) is 13.7. The van der Waals surface area contributed by atoms with Crippen LogP contribution in [0.15, 0.2) is 42.5 Å². The number of aryl methyl sites for hydroxylation is 1. The first-order valence-electron chi connectivity index (χ1n) is 7.86. The molecular weight excluding hydrogens is 290 g/mol. The smallest absolute Gasteiger partial charge is 0.258 e. The van der Waals surface area contributed by atoms with Gasteiger partial charge in [-0.25, -0.2) is 0 Å².